The number of rotatable bonds is 4. The van der Waals surface area contributed by atoms with E-state index in [1.165, 1.54) is 12.8 Å². The summed E-state index contributed by atoms with van der Waals surface area (Å²) >= 11 is 0. The molecule has 0 aromatic heterocycles. The molecule has 0 aliphatic carbocycles. The number of hydrogen-bond donors (Lipinski definition) is 2. The molecule has 0 radical (unpaired) electrons. The molecule has 0 spiro atoms. The summed E-state index contributed by atoms with van der Waals surface area (Å²) < 4.78 is 22.6. The standard InChI is InChI=1S/C13H24N2O3S/c16-13(4-3-11-2-1-7-14-10-11)15-12-5-8-19(17,18)9-6-12/h11-12,14H,1-10H2,(H,15,16). The smallest absolute Gasteiger partial charge is 0.220 e. The normalized spacial score (nSPS) is 27.9. The van der Waals surface area contributed by atoms with Crippen molar-refractivity contribution in [3.8, 4) is 0 Å². The van der Waals surface area contributed by atoms with Crippen molar-refractivity contribution in [1.29, 1.82) is 0 Å². The summed E-state index contributed by atoms with van der Waals surface area (Å²) in [4.78, 5) is 11.8. The van der Waals surface area contributed by atoms with Crippen molar-refractivity contribution in [2.24, 2.45) is 5.92 Å². The minimum Gasteiger partial charge on any atom is -0.353 e. The van der Waals surface area contributed by atoms with Gasteiger partial charge in [0.05, 0.1) is 11.5 Å². The van der Waals surface area contributed by atoms with Crippen LogP contribution < -0.4 is 10.6 Å². The minimum atomic E-state index is -2.84. The summed E-state index contributed by atoms with van der Waals surface area (Å²) in [7, 11) is -2.84. The van der Waals surface area contributed by atoms with Crippen molar-refractivity contribution in [2.75, 3.05) is 24.6 Å². The topological polar surface area (TPSA) is 75.3 Å². The van der Waals surface area contributed by atoms with Gasteiger partial charge < -0.3 is 10.6 Å². The first-order valence-corrected chi connectivity index (χ1v) is 9.08. The van der Waals surface area contributed by atoms with Gasteiger partial charge in [-0.1, -0.05) is 0 Å². The number of sulfone groups is 1. The summed E-state index contributed by atoms with van der Waals surface area (Å²) in [5, 5.41) is 6.32. The monoisotopic (exact) mass is 288 g/mol. The van der Waals surface area contributed by atoms with Crippen LogP contribution in [0.1, 0.15) is 38.5 Å². The number of piperidine rings is 1. The Morgan fingerprint density at radius 2 is 1.95 bits per heavy atom. The highest BCUT2D eigenvalue weighted by Crippen LogP contribution is 2.16. The van der Waals surface area contributed by atoms with Crippen LogP contribution >= 0.6 is 0 Å². The fraction of sp³-hybridized carbons (Fsp3) is 0.923. The molecule has 2 N–H and O–H groups in total. The third-order valence-electron chi connectivity index (χ3n) is 4.10. The molecule has 2 rings (SSSR count). The van der Waals surface area contributed by atoms with Crippen LogP contribution in [0.3, 0.4) is 0 Å². The predicted octanol–water partition coefficient (Wildman–Crippen LogP) is 0.460. The molecule has 2 aliphatic heterocycles. The Bertz CT molecular complexity index is 388. The predicted molar refractivity (Wildman–Crippen MR) is 74.6 cm³/mol. The molecule has 1 atom stereocenters. The number of nitrogens with one attached hydrogen (secondary N) is 2. The molecule has 0 aromatic rings. The SMILES string of the molecule is O=C(CCC1CCCNC1)NC1CCS(=O)(=O)CC1. The molecule has 2 aliphatic rings. The Labute approximate surface area is 115 Å². The Kier molecular flexibility index (Phi) is 5.21. The molecule has 0 bridgehead atoms. The van der Waals surface area contributed by atoms with Crippen molar-refractivity contribution < 1.29 is 13.2 Å². The van der Waals surface area contributed by atoms with Crippen LogP contribution in [0.25, 0.3) is 0 Å². The zero-order valence-electron chi connectivity index (χ0n) is 11.4. The highest BCUT2D eigenvalue weighted by Gasteiger charge is 2.24. The summed E-state index contributed by atoms with van der Waals surface area (Å²) in [6.45, 7) is 2.12. The Morgan fingerprint density at radius 1 is 1.21 bits per heavy atom. The van der Waals surface area contributed by atoms with Crippen LogP contribution in [0.2, 0.25) is 0 Å². The van der Waals surface area contributed by atoms with E-state index in [1.54, 1.807) is 0 Å². The second-order valence-electron chi connectivity index (χ2n) is 5.74. The molecule has 2 fully saturated rings. The largest absolute Gasteiger partial charge is 0.353 e. The molecule has 5 nitrogen and oxygen atoms in total. The second kappa shape index (κ2) is 6.70. The van der Waals surface area contributed by atoms with Crippen LogP contribution in [0.15, 0.2) is 0 Å². The van der Waals surface area contributed by atoms with Crippen molar-refractivity contribution >= 4 is 15.7 Å². The summed E-state index contributed by atoms with van der Waals surface area (Å²) in [5.74, 6) is 1.12. The first kappa shape index (κ1) is 14.8. The average Bonchev–Trinajstić information content (AvgIpc) is 2.40. The first-order valence-electron chi connectivity index (χ1n) is 7.26. The highest BCUT2D eigenvalue weighted by molar-refractivity contribution is 7.91. The molecule has 110 valence electrons. The molecule has 2 saturated heterocycles. The summed E-state index contributed by atoms with van der Waals surface area (Å²) in [5.41, 5.74) is 0. The fourth-order valence-corrected chi connectivity index (χ4v) is 4.33. The van der Waals surface area contributed by atoms with Gasteiger partial charge in [0, 0.05) is 12.5 Å². The Morgan fingerprint density at radius 3 is 2.58 bits per heavy atom. The van der Waals surface area contributed by atoms with Crippen LogP contribution in [-0.2, 0) is 14.6 Å². The lowest BCUT2D eigenvalue weighted by molar-refractivity contribution is -0.122. The summed E-state index contributed by atoms with van der Waals surface area (Å²) in [6, 6.07) is 0.0560. The molecule has 2 heterocycles. The van der Waals surface area contributed by atoms with Gasteiger partial charge in [-0.25, -0.2) is 8.42 Å². The molecular formula is C13H24N2O3S. The van der Waals surface area contributed by atoms with E-state index in [9.17, 15) is 13.2 Å². The highest BCUT2D eigenvalue weighted by atomic mass is 32.2. The zero-order chi connectivity index (χ0) is 13.7. The average molecular weight is 288 g/mol. The van der Waals surface area contributed by atoms with E-state index in [0.29, 0.717) is 25.2 Å². The third kappa shape index (κ3) is 5.10. The van der Waals surface area contributed by atoms with Gasteiger partial charge in [0.2, 0.25) is 5.91 Å². The van der Waals surface area contributed by atoms with Gasteiger partial charge in [-0.3, -0.25) is 4.79 Å². The van der Waals surface area contributed by atoms with Gasteiger partial charge in [-0.15, -0.1) is 0 Å². The number of amides is 1. The van der Waals surface area contributed by atoms with Gasteiger partial charge in [0.1, 0.15) is 9.84 Å². The van der Waals surface area contributed by atoms with E-state index < -0.39 is 9.84 Å². The molecule has 19 heavy (non-hydrogen) atoms. The molecule has 1 amide bonds. The minimum absolute atomic E-state index is 0.0560. The lowest BCUT2D eigenvalue weighted by Gasteiger charge is -2.25. The molecular weight excluding hydrogens is 264 g/mol. The van der Waals surface area contributed by atoms with Crippen LogP contribution in [-0.4, -0.2) is 45.0 Å². The van der Waals surface area contributed by atoms with Crippen molar-refractivity contribution in [2.45, 2.75) is 44.6 Å². The Balaban J connectivity index is 1.64. The first-order chi connectivity index (χ1) is 9.05. The van der Waals surface area contributed by atoms with E-state index >= 15 is 0 Å². The zero-order valence-corrected chi connectivity index (χ0v) is 12.2. The molecule has 0 saturated carbocycles. The van der Waals surface area contributed by atoms with Gasteiger partial charge in [-0.2, -0.15) is 0 Å². The van der Waals surface area contributed by atoms with E-state index in [0.717, 1.165) is 19.5 Å². The summed E-state index contributed by atoms with van der Waals surface area (Å²) in [6.07, 6.45) is 5.05. The van der Waals surface area contributed by atoms with Gasteiger partial charge in [0.25, 0.3) is 0 Å². The van der Waals surface area contributed by atoms with Crippen LogP contribution in [0.4, 0.5) is 0 Å². The molecule has 6 heteroatoms. The van der Waals surface area contributed by atoms with Crippen LogP contribution in [0.5, 0.6) is 0 Å². The van der Waals surface area contributed by atoms with Crippen molar-refractivity contribution in [3.63, 3.8) is 0 Å². The lowest BCUT2D eigenvalue weighted by atomic mass is 9.94. The van der Waals surface area contributed by atoms with Crippen molar-refractivity contribution in [1.82, 2.24) is 10.6 Å². The maximum absolute atomic E-state index is 11.8. The van der Waals surface area contributed by atoms with Gasteiger partial charge in [-0.05, 0) is 51.1 Å². The lowest BCUT2D eigenvalue weighted by Crippen LogP contribution is -2.41. The Hall–Kier alpha value is -0.620. The van der Waals surface area contributed by atoms with Gasteiger partial charge >= 0.3 is 0 Å². The number of carbonyl (C=O) groups is 1. The van der Waals surface area contributed by atoms with Gasteiger partial charge in [0.15, 0.2) is 0 Å². The van der Waals surface area contributed by atoms with Crippen LogP contribution in [0, 0.1) is 5.92 Å². The maximum atomic E-state index is 11.8. The third-order valence-corrected chi connectivity index (χ3v) is 5.81. The van der Waals surface area contributed by atoms with E-state index in [2.05, 4.69) is 10.6 Å². The quantitative estimate of drug-likeness (QED) is 0.788. The van der Waals surface area contributed by atoms with E-state index in [4.69, 9.17) is 0 Å². The fourth-order valence-electron chi connectivity index (χ4n) is 2.84. The maximum Gasteiger partial charge on any atom is 0.220 e. The second-order valence-corrected chi connectivity index (χ2v) is 8.05. The van der Waals surface area contributed by atoms with E-state index in [-0.39, 0.29) is 23.5 Å². The molecule has 1 unspecified atom stereocenters. The number of hydrogen-bond acceptors (Lipinski definition) is 4. The molecule has 0 aromatic carbocycles. The van der Waals surface area contributed by atoms with Crippen molar-refractivity contribution in [3.05, 3.63) is 0 Å². The number of carbonyl (C=O) groups excluding carboxylic acids is 1. The van der Waals surface area contributed by atoms with E-state index in [1.807, 2.05) is 0 Å².